The predicted molar refractivity (Wildman–Crippen MR) is 55.2 cm³/mol. The fourth-order valence-electron chi connectivity index (χ4n) is 1.73. The lowest BCUT2D eigenvalue weighted by Crippen LogP contribution is -2.43. The van der Waals surface area contributed by atoms with Crippen LogP contribution in [0, 0.1) is 0 Å². The van der Waals surface area contributed by atoms with E-state index in [4.69, 9.17) is 5.11 Å². The molecule has 1 aliphatic carbocycles. The summed E-state index contributed by atoms with van der Waals surface area (Å²) in [7, 11) is 0. The zero-order valence-electron chi connectivity index (χ0n) is 7.95. The van der Waals surface area contributed by atoms with Gasteiger partial charge in [-0.15, -0.1) is 0 Å². The first-order valence-electron chi connectivity index (χ1n) is 4.72. The van der Waals surface area contributed by atoms with Crippen LogP contribution in [0.1, 0.15) is 25.7 Å². The van der Waals surface area contributed by atoms with Crippen LogP contribution in [0.5, 0.6) is 0 Å². The molecule has 1 aliphatic rings. The largest absolute Gasteiger partial charge is 0.480 e. The molecule has 0 aliphatic heterocycles. The van der Waals surface area contributed by atoms with Gasteiger partial charge in [0.1, 0.15) is 6.04 Å². The van der Waals surface area contributed by atoms with Gasteiger partial charge in [-0.3, -0.25) is 4.79 Å². The summed E-state index contributed by atoms with van der Waals surface area (Å²) >= 11 is 1.58. The smallest absolute Gasteiger partial charge is 0.321 e. The molecule has 1 saturated carbocycles. The third-order valence-corrected chi connectivity index (χ3v) is 3.09. The molecule has 0 bridgehead atoms. The van der Waals surface area contributed by atoms with Gasteiger partial charge < -0.3 is 10.4 Å². The summed E-state index contributed by atoms with van der Waals surface area (Å²) in [6.45, 7) is 0. The normalized spacial score (nSPS) is 20.4. The maximum absolute atomic E-state index is 10.8. The summed E-state index contributed by atoms with van der Waals surface area (Å²) in [6, 6.07) is 0.0753. The lowest BCUT2D eigenvalue weighted by molar-refractivity contribution is -0.139. The van der Waals surface area contributed by atoms with Crippen molar-refractivity contribution >= 4 is 17.7 Å². The number of carbonyl (C=O) groups is 1. The fourth-order valence-corrected chi connectivity index (χ4v) is 2.31. The fraction of sp³-hybridized carbons (Fsp3) is 0.889. The summed E-state index contributed by atoms with van der Waals surface area (Å²) in [5, 5.41) is 12.1. The molecule has 4 heteroatoms. The van der Waals surface area contributed by atoms with Crippen molar-refractivity contribution in [3.05, 3.63) is 0 Å². The van der Waals surface area contributed by atoms with Crippen LogP contribution in [0.25, 0.3) is 0 Å². The van der Waals surface area contributed by atoms with Crippen LogP contribution in [-0.4, -0.2) is 35.2 Å². The van der Waals surface area contributed by atoms with E-state index in [1.807, 2.05) is 6.26 Å². The number of aliphatic carboxylic acids is 1. The van der Waals surface area contributed by atoms with E-state index in [-0.39, 0.29) is 6.04 Å². The van der Waals surface area contributed by atoms with Crippen LogP contribution < -0.4 is 5.32 Å². The van der Waals surface area contributed by atoms with Gasteiger partial charge in [-0.1, -0.05) is 12.8 Å². The molecular formula is C9H17NO2S. The average molecular weight is 203 g/mol. The van der Waals surface area contributed by atoms with Gasteiger partial charge in [0, 0.05) is 11.8 Å². The lowest BCUT2D eigenvalue weighted by Gasteiger charge is -2.18. The van der Waals surface area contributed by atoms with Crippen molar-refractivity contribution in [3.63, 3.8) is 0 Å². The second kappa shape index (κ2) is 5.50. The highest BCUT2D eigenvalue weighted by molar-refractivity contribution is 7.98. The summed E-state index contributed by atoms with van der Waals surface area (Å²) in [5.41, 5.74) is 0. The molecule has 0 saturated heterocycles. The highest BCUT2D eigenvalue weighted by Crippen LogP contribution is 2.18. The molecule has 1 fully saturated rings. The van der Waals surface area contributed by atoms with Crippen molar-refractivity contribution in [1.82, 2.24) is 5.32 Å². The van der Waals surface area contributed by atoms with Crippen molar-refractivity contribution in [2.24, 2.45) is 0 Å². The molecule has 0 aromatic carbocycles. The van der Waals surface area contributed by atoms with Crippen molar-refractivity contribution < 1.29 is 9.90 Å². The van der Waals surface area contributed by atoms with Crippen LogP contribution in [0.3, 0.4) is 0 Å². The van der Waals surface area contributed by atoms with E-state index in [2.05, 4.69) is 5.32 Å². The number of rotatable bonds is 5. The topological polar surface area (TPSA) is 49.3 Å². The molecule has 2 N–H and O–H groups in total. The Morgan fingerprint density at radius 1 is 1.62 bits per heavy atom. The Morgan fingerprint density at radius 2 is 2.23 bits per heavy atom. The van der Waals surface area contributed by atoms with E-state index in [1.165, 1.54) is 12.8 Å². The Bertz CT molecular complexity index is 169. The molecule has 0 spiro atoms. The van der Waals surface area contributed by atoms with Crippen molar-refractivity contribution in [3.8, 4) is 0 Å². The Labute approximate surface area is 83.3 Å². The average Bonchev–Trinajstić information content (AvgIpc) is 2.56. The van der Waals surface area contributed by atoms with E-state index < -0.39 is 5.97 Å². The molecule has 76 valence electrons. The van der Waals surface area contributed by atoms with E-state index in [0.717, 1.165) is 12.8 Å². The molecule has 13 heavy (non-hydrogen) atoms. The molecule has 0 amide bonds. The molecule has 1 rings (SSSR count). The summed E-state index contributed by atoms with van der Waals surface area (Å²) in [4.78, 5) is 10.8. The molecule has 0 heterocycles. The minimum absolute atomic E-state index is 0.363. The monoisotopic (exact) mass is 203 g/mol. The Balaban J connectivity index is 2.32. The first-order valence-corrected chi connectivity index (χ1v) is 6.11. The molecular weight excluding hydrogens is 186 g/mol. The number of nitrogens with one attached hydrogen (secondary N) is 1. The van der Waals surface area contributed by atoms with Gasteiger partial charge in [-0.2, -0.15) is 11.8 Å². The summed E-state index contributed by atoms with van der Waals surface area (Å²) < 4.78 is 0. The van der Waals surface area contributed by atoms with Gasteiger partial charge in [0.15, 0.2) is 0 Å². The quantitative estimate of drug-likeness (QED) is 0.708. The predicted octanol–water partition coefficient (Wildman–Crippen LogP) is 1.33. The maximum Gasteiger partial charge on any atom is 0.321 e. The summed E-state index contributed by atoms with van der Waals surface area (Å²) in [5.74, 6) is -0.0625. The second-order valence-corrected chi connectivity index (χ2v) is 4.40. The zero-order chi connectivity index (χ0) is 9.68. The lowest BCUT2D eigenvalue weighted by atomic mass is 10.2. The highest BCUT2D eigenvalue weighted by atomic mass is 32.2. The van der Waals surface area contributed by atoms with Crippen LogP contribution in [-0.2, 0) is 4.79 Å². The standard InChI is InChI=1S/C9H17NO2S/c1-13-6-8(9(11)12)10-7-4-2-3-5-7/h7-8,10H,2-6H2,1H3,(H,11,12). The second-order valence-electron chi connectivity index (χ2n) is 3.49. The number of carboxylic acids is 1. The van der Waals surface area contributed by atoms with E-state index in [1.54, 1.807) is 11.8 Å². The molecule has 0 radical (unpaired) electrons. The number of hydrogen-bond acceptors (Lipinski definition) is 3. The van der Waals surface area contributed by atoms with Crippen molar-refractivity contribution in [2.75, 3.05) is 12.0 Å². The third-order valence-electron chi connectivity index (χ3n) is 2.42. The minimum atomic E-state index is -0.721. The molecule has 1 atom stereocenters. The first kappa shape index (κ1) is 10.9. The van der Waals surface area contributed by atoms with Crippen molar-refractivity contribution in [2.45, 2.75) is 37.8 Å². The van der Waals surface area contributed by atoms with Crippen LogP contribution in [0.15, 0.2) is 0 Å². The molecule has 0 aromatic rings. The Morgan fingerprint density at radius 3 is 2.69 bits per heavy atom. The van der Waals surface area contributed by atoms with Crippen molar-refractivity contribution in [1.29, 1.82) is 0 Å². The van der Waals surface area contributed by atoms with Crippen LogP contribution >= 0.6 is 11.8 Å². The van der Waals surface area contributed by atoms with E-state index in [9.17, 15) is 4.79 Å². The van der Waals surface area contributed by atoms with Gasteiger partial charge in [-0.25, -0.2) is 0 Å². The highest BCUT2D eigenvalue weighted by Gasteiger charge is 2.22. The first-order chi connectivity index (χ1) is 6.24. The summed E-state index contributed by atoms with van der Waals surface area (Å²) in [6.07, 6.45) is 6.69. The van der Waals surface area contributed by atoms with Gasteiger partial charge in [0.25, 0.3) is 0 Å². The minimum Gasteiger partial charge on any atom is -0.480 e. The molecule has 0 aromatic heterocycles. The van der Waals surface area contributed by atoms with Crippen LogP contribution in [0.4, 0.5) is 0 Å². The number of hydrogen-bond donors (Lipinski definition) is 2. The van der Waals surface area contributed by atoms with E-state index in [0.29, 0.717) is 11.8 Å². The van der Waals surface area contributed by atoms with Gasteiger partial charge in [0.05, 0.1) is 0 Å². The third kappa shape index (κ3) is 3.56. The zero-order valence-corrected chi connectivity index (χ0v) is 8.77. The van der Waals surface area contributed by atoms with E-state index >= 15 is 0 Å². The SMILES string of the molecule is CSCC(NC1CCCC1)C(=O)O. The van der Waals surface area contributed by atoms with Crippen LogP contribution in [0.2, 0.25) is 0 Å². The number of carboxylic acid groups (broad SMARTS) is 1. The number of thioether (sulfide) groups is 1. The Hall–Kier alpha value is -0.220. The molecule has 3 nitrogen and oxygen atoms in total. The Kier molecular flexibility index (Phi) is 4.59. The van der Waals surface area contributed by atoms with Gasteiger partial charge >= 0.3 is 5.97 Å². The maximum atomic E-state index is 10.8. The van der Waals surface area contributed by atoms with Gasteiger partial charge in [0.2, 0.25) is 0 Å². The molecule has 1 unspecified atom stereocenters. The van der Waals surface area contributed by atoms with Gasteiger partial charge in [-0.05, 0) is 19.1 Å².